The number of azo groups is 1. The maximum atomic E-state index is 13.3. The lowest BCUT2D eigenvalue weighted by Crippen LogP contribution is -2.14. The first-order valence-electron chi connectivity index (χ1n) is 11.3. The molecule has 0 fully saturated rings. The van der Waals surface area contributed by atoms with Crippen molar-refractivity contribution in [2.45, 2.75) is 16.7 Å². The molecule has 0 aliphatic rings. The van der Waals surface area contributed by atoms with Crippen LogP contribution < -0.4 is 20.5 Å². The van der Waals surface area contributed by atoms with Gasteiger partial charge in [0, 0.05) is 24.7 Å². The largest absolute Gasteiger partial charge is 0.507 e. The molecule has 0 atom stereocenters. The zero-order valence-corrected chi connectivity index (χ0v) is 22.6. The van der Waals surface area contributed by atoms with Crippen molar-refractivity contribution < 1.29 is 36.0 Å². The third-order valence-corrected chi connectivity index (χ3v) is 7.80. The Hall–Kier alpha value is -4.73. The highest BCUT2D eigenvalue weighted by atomic mass is 32.2. The van der Waals surface area contributed by atoms with Crippen LogP contribution in [0.1, 0.15) is 6.92 Å². The molecule has 0 aliphatic carbocycles. The molecule has 0 unspecified atom stereocenters. The van der Waals surface area contributed by atoms with E-state index in [0.29, 0.717) is 5.69 Å². The Bertz CT molecular complexity index is 1890. The molecule has 15 heteroatoms. The molecule has 6 N–H and O–H groups in total. The van der Waals surface area contributed by atoms with Gasteiger partial charge in [0.05, 0.1) is 28.8 Å². The lowest BCUT2D eigenvalue weighted by molar-refractivity contribution is -0.114. The summed E-state index contributed by atoms with van der Waals surface area (Å²) in [6.07, 6.45) is 0. The van der Waals surface area contributed by atoms with E-state index >= 15 is 0 Å². The van der Waals surface area contributed by atoms with Crippen LogP contribution in [0.3, 0.4) is 0 Å². The lowest BCUT2D eigenvalue weighted by atomic mass is 10.1. The van der Waals surface area contributed by atoms with Gasteiger partial charge in [-0.2, -0.15) is 8.42 Å². The van der Waals surface area contributed by atoms with E-state index in [-0.39, 0.29) is 50.1 Å². The van der Waals surface area contributed by atoms with E-state index in [0.717, 1.165) is 12.1 Å². The molecule has 13 nitrogen and oxygen atoms in total. The number of nitrogens with one attached hydrogen (secondary N) is 2. The average molecular weight is 586 g/mol. The number of ether oxygens (including phenoxy) is 1. The van der Waals surface area contributed by atoms with E-state index in [2.05, 4.69) is 20.3 Å². The molecule has 0 radical (unpaired) electrons. The summed E-state index contributed by atoms with van der Waals surface area (Å²) in [6.45, 7) is 1.33. The quantitative estimate of drug-likeness (QED) is 0.111. The Morgan fingerprint density at radius 1 is 0.975 bits per heavy atom. The highest BCUT2D eigenvalue weighted by molar-refractivity contribution is 7.93. The van der Waals surface area contributed by atoms with Crippen LogP contribution in [-0.2, 0) is 24.9 Å². The zero-order valence-electron chi connectivity index (χ0n) is 21.0. The predicted octanol–water partition coefficient (Wildman–Crippen LogP) is 4.56. The predicted molar refractivity (Wildman–Crippen MR) is 149 cm³/mol. The summed E-state index contributed by atoms with van der Waals surface area (Å²) in [5.41, 5.74) is 6.48. The Balaban J connectivity index is 1.74. The number of aromatic hydroxyl groups is 1. The van der Waals surface area contributed by atoms with Crippen LogP contribution >= 0.6 is 0 Å². The Kier molecular flexibility index (Phi) is 7.63. The van der Waals surface area contributed by atoms with Crippen molar-refractivity contribution in [2.75, 3.05) is 22.9 Å². The second-order valence-corrected chi connectivity index (χ2v) is 11.5. The van der Waals surface area contributed by atoms with E-state index < -0.39 is 30.8 Å². The van der Waals surface area contributed by atoms with E-state index in [1.165, 1.54) is 62.6 Å². The summed E-state index contributed by atoms with van der Waals surface area (Å²) in [4.78, 5) is 10.6. The molecule has 4 rings (SSSR count). The molecule has 0 heterocycles. The minimum absolute atomic E-state index is 0.0404. The van der Waals surface area contributed by atoms with Gasteiger partial charge >= 0.3 is 0 Å². The first-order valence-corrected chi connectivity index (χ1v) is 14.2. The third-order valence-electron chi connectivity index (χ3n) is 5.55. The number of carbonyl (C=O) groups is 1. The SMILES string of the molecule is COc1cc(NC(C)=O)ccc1NS(=O)(=O)c1ccccc1N=Nc1c(N)ccc2cc(S(=O)(=O)O)cc(O)c12. The number of amides is 1. The topological polar surface area (TPSA) is 210 Å². The van der Waals surface area contributed by atoms with Crippen molar-refractivity contribution in [1.29, 1.82) is 0 Å². The van der Waals surface area contributed by atoms with Gasteiger partial charge in [-0.1, -0.05) is 18.2 Å². The third kappa shape index (κ3) is 5.96. The molecule has 0 saturated heterocycles. The summed E-state index contributed by atoms with van der Waals surface area (Å²) >= 11 is 0. The molecule has 40 heavy (non-hydrogen) atoms. The number of fused-ring (bicyclic) bond motifs is 1. The summed E-state index contributed by atoms with van der Waals surface area (Å²) in [5.74, 6) is -0.699. The van der Waals surface area contributed by atoms with Crippen LogP contribution in [0, 0.1) is 0 Å². The molecule has 0 aromatic heterocycles. The van der Waals surface area contributed by atoms with Gasteiger partial charge in [-0.05, 0) is 41.8 Å². The number of phenols is 1. The fourth-order valence-electron chi connectivity index (χ4n) is 3.80. The van der Waals surface area contributed by atoms with E-state index in [1.54, 1.807) is 6.07 Å². The normalized spacial score (nSPS) is 12.0. The number of sulfonamides is 1. The molecular formula is C25H23N5O8S2. The molecule has 4 aromatic rings. The Labute approximate surface area is 229 Å². The van der Waals surface area contributed by atoms with Crippen LogP contribution in [-0.4, -0.2) is 39.5 Å². The highest BCUT2D eigenvalue weighted by Crippen LogP contribution is 2.41. The fraction of sp³-hybridized carbons (Fsp3) is 0.0800. The van der Waals surface area contributed by atoms with Crippen LogP contribution in [0.25, 0.3) is 10.8 Å². The van der Waals surface area contributed by atoms with Gasteiger partial charge in [0.2, 0.25) is 5.91 Å². The first kappa shape index (κ1) is 28.3. The first-order chi connectivity index (χ1) is 18.8. The van der Waals surface area contributed by atoms with Crippen LogP contribution in [0.2, 0.25) is 0 Å². The van der Waals surface area contributed by atoms with Gasteiger partial charge in [0.15, 0.2) is 0 Å². The standard InChI is InChI=1S/C25H23N5O8S2/c1-14(31)27-16-8-10-19(22(12-16)38-2)30-39(33,34)23-6-4-3-5-20(23)28-29-25-18(26)9-7-15-11-17(40(35,36)37)13-21(32)24(15)25/h3-13,30,32H,26H2,1-2H3,(H,27,31)(H,35,36,37). The van der Waals surface area contributed by atoms with E-state index in [4.69, 9.17) is 10.5 Å². The molecule has 1 amide bonds. The van der Waals surface area contributed by atoms with Crippen molar-refractivity contribution in [3.63, 3.8) is 0 Å². The lowest BCUT2D eigenvalue weighted by Gasteiger charge is -2.14. The Morgan fingerprint density at radius 3 is 2.38 bits per heavy atom. The number of nitrogen functional groups attached to an aromatic ring is 1. The fourth-order valence-corrected chi connectivity index (χ4v) is 5.54. The summed E-state index contributed by atoms with van der Waals surface area (Å²) in [7, 11) is -7.51. The van der Waals surface area contributed by atoms with E-state index in [9.17, 15) is 31.3 Å². The van der Waals surface area contributed by atoms with Gasteiger partial charge < -0.3 is 20.9 Å². The molecule has 4 aromatic carbocycles. The molecule has 0 saturated carbocycles. The number of anilines is 3. The zero-order chi connectivity index (χ0) is 29.2. The van der Waals surface area contributed by atoms with Crippen LogP contribution in [0.4, 0.5) is 28.4 Å². The van der Waals surface area contributed by atoms with Gasteiger partial charge in [0.1, 0.15) is 27.8 Å². The van der Waals surface area contributed by atoms with E-state index in [1.807, 2.05) is 0 Å². The number of phenolic OH excluding ortho intramolecular Hbond substituents is 1. The second-order valence-electron chi connectivity index (χ2n) is 8.39. The number of nitrogens with zero attached hydrogens (tertiary/aromatic N) is 2. The molecule has 0 aliphatic heterocycles. The van der Waals surface area contributed by atoms with Crippen molar-refractivity contribution in [3.05, 3.63) is 66.7 Å². The summed E-state index contributed by atoms with van der Waals surface area (Å²) < 4.78 is 66.8. The molecular weight excluding hydrogens is 562 g/mol. The van der Waals surface area contributed by atoms with Crippen molar-refractivity contribution in [2.24, 2.45) is 10.2 Å². The smallest absolute Gasteiger partial charge is 0.294 e. The number of benzene rings is 4. The van der Waals surface area contributed by atoms with Crippen LogP contribution in [0.5, 0.6) is 11.5 Å². The Morgan fingerprint density at radius 2 is 1.70 bits per heavy atom. The van der Waals surface area contributed by atoms with Crippen molar-refractivity contribution in [1.82, 2.24) is 0 Å². The average Bonchev–Trinajstić information content (AvgIpc) is 2.88. The second kappa shape index (κ2) is 10.8. The molecule has 0 spiro atoms. The van der Waals surface area contributed by atoms with Gasteiger partial charge in [-0.25, -0.2) is 8.42 Å². The summed E-state index contributed by atoms with van der Waals surface area (Å²) in [6, 6.07) is 14.9. The summed E-state index contributed by atoms with van der Waals surface area (Å²) in [5, 5.41) is 21.5. The number of hydrogen-bond acceptors (Lipinski definition) is 10. The number of carbonyl (C=O) groups excluding carboxylic acids is 1. The maximum Gasteiger partial charge on any atom is 0.294 e. The molecule has 0 bridgehead atoms. The number of rotatable bonds is 8. The van der Waals surface area contributed by atoms with Gasteiger partial charge in [-0.3, -0.25) is 14.1 Å². The van der Waals surface area contributed by atoms with Crippen LogP contribution in [0.15, 0.2) is 86.7 Å². The number of methoxy groups -OCH3 is 1. The highest BCUT2D eigenvalue weighted by Gasteiger charge is 2.21. The minimum Gasteiger partial charge on any atom is -0.507 e. The maximum absolute atomic E-state index is 13.3. The number of hydrogen-bond donors (Lipinski definition) is 5. The number of nitrogens with two attached hydrogens (primary N) is 1. The monoisotopic (exact) mass is 585 g/mol. The van der Waals surface area contributed by atoms with Crippen molar-refractivity contribution >= 4 is 65.3 Å². The van der Waals surface area contributed by atoms with Crippen molar-refractivity contribution in [3.8, 4) is 11.5 Å². The van der Waals surface area contributed by atoms with Gasteiger partial charge in [0.25, 0.3) is 20.1 Å². The molecule has 208 valence electrons. The van der Waals surface area contributed by atoms with Gasteiger partial charge in [-0.15, -0.1) is 10.2 Å². The minimum atomic E-state index is -4.60.